The van der Waals surface area contributed by atoms with Crippen LogP contribution in [-0.2, 0) is 0 Å². The second-order valence-electron chi connectivity index (χ2n) is 7.47. The van der Waals surface area contributed by atoms with Crippen molar-refractivity contribution in [3.63, 3.8) is 0 Å². The third-order valence-corrected chi connectivity index (χ3v) is 7.26. The molecule has 1 heterocycles. The lowest BCUT2D eigenvalue weighted by molar-refractivity contribution is 0.0780. The van der Waals surface area contributed by atoms with Gasteiger partial charge in [-0.05, 0) is 49.8 Å². The molecule has 0 unspecified atom stereocenters. The summed E-state index contributed by atoms with van der Waals surface area (Å²) < 4.78 is 5.33. The summed E-state index contributed by atoms with van der Waals surface area (Å²) in [6.45, 7) is 4.86. The Morgan fingerprint density at radius 3 is 2.68 bits per heavy atom. The Labute approximate surface area is 176 Å². The average molecular weight is 422 g/mol. The predicted molar refractivity (Wildman–Crippen MR) is 116 cm³/mol. The van der Waals surface area contributed by atoms with Gasteiger partial charge in [0.25, 0.3) is 0 Å². The van der Waals surface area contributed by atoms with E-state index < -0.39 is 5.60 Å². The molecule has 28 heavy (non-hydrogen) atoms. The molecule has 4 nitrogen and oxygen atoms in total. The van der Waals surface area contributed by atoms with E-state index in [4.69, 9.17) is 16.3 Å². The molecule has 1 fully saturated rings. The van der Waals surface area contributed by atoms with Gasteiger partial charge in [0.2, 0.25) is 0 Å². The third kappa shape index (κ3) is 4.42. The molecule has 0 atom stereocenters. The number of nitrogens with zero attached hydrogens (tertiary/aromatic N) is 1. The lowest BCUT2D eigenvalue weighted by Crippen LogP contribution is -2.28. The number of aliphatic hydroxyl groups is 1. The van der Waals surface area contributed by atoms with Crippen LogP contribution in [0.2, 0.25) is 5.02 Å². The Morgan fingerprint density at radius 2 is 2.11 bits per heavy atom. The summed E-state index contributed by atoms with van der Waals surface area (Å²) >= 11 is 7.59. The summed E-state index contributed by atoms with van der Waals surface area (Å²) in [5.74, 6) is 1.00. The van der Waals surface area contributed by atoms with Crippen molar-refractivity contribution in [1.29, 1.82) is 0 Å². The van der Waals surface area contributed by atoms with Gasteiger partial charge in [-0.2, -0.15) is 0 Å². The molecule has 1 saturated carbocycles. The van der Waals surface area contributed by atoms with Crippen molar-refractivity contribution in [2.75, 3.05) is 13.7 Å². The normalized spacial score (nSPS) is 19.0. The maximum atomic E-state index is 13.0. The molecule has 1 aliphatic carbocycles. The van der Waals surface area contributed by atoms with Gasteiger partial charge in [0.05, 0.1) is 23.3 Å². The summed E-state index contributed by atoms with van der Waals surface area (Å²) in [6, 6.07) is 5.05. The predicted octanol–water partition coefficient (Wildman–Crippen LogP) is 5.61. The highest BCUT2D eigenvalue weighted by Gasteiger charge is 2.35. The minimum absolute atomic E-state index is 0.147. The Balaban J connectivity index is 1.90. The molecule has 0 aromatic heterocycles. The van der Waals surface area contributed by atoms with Crippen LogP contribution >= 0.6 is 23.4 Å². The van der Waals surface area contributed by atoms with Crippen LogP contribution < -0.4 is 4.74 Å². The molecule has 6 heteroatoms. The monoisotopic (exact) mass is 421 g/mol. The van der Waals surface area contributed by atoms with E-state index in [0.29, 0.717) is 35.1 Å². The van der Waals surface area contributed by atoms with E-state index in [1.54, 1.807) is 31.4 Å². The molecule has 0 saturated heterocycles. The average Bonchev–Trinajstić information content (AvgIpc) is 3.07. The second-order valence-corrected chi connectivity index (χ2v) is 8.97. The van der Waals surface area contributed by atoms with Gasteiger partial charge in [-0.3, -0.25) is 4.79 Å². The number of rotatable bonds is 8. The summed E-state index contributed by atoms with van der Waals surface area (Å²) in [6.07, 6.45) is 8.68. The number of ketones is 1. The van der Waals surface area contributed by atoms with E-state index in [1.165, 1.54) is 31.0 Å². The van der Waals surface area contributed by atoms with Crippen LogP contribution in [0.4, 0.5) is 0 Å². The van der Waals surface area contributed by atoms with Crippen molar-refractivity contribution in [1.82, 2.24) is 4.90 Å². The number of hydrogen-bond acceptors (Lipinski definition) is 5. The van der Waals surface area contributed by atoms with Crippen LogP contribution in [0.3, 0.4) is 0 Å². The smallest absolute Gasteiger partial charge is 0.192 e. The highest BCUT2D eigenvalue weighted by atomic mass is 35.5. The molecule has 1 N–H and O–H groups in total. The maximum Gasteiger partial charge on any atom is 0.192 e. The first kappa shape index (κ1) is 21.3. The zero-order valence-corrected chi connectivity index (χ0v) is 18.3. The Bertz CT molecular complexity index is 797. The fourth-order valence-corrected chi connectivity index (χ4v) is 4.95. The molecule has 3 rings (SSSR count). The Hall–Kier alpha value is -1.43. The van der Waals surface area contributed by atoms with E-state index in [9.17, 15) is 9.90 Å². The van der Waals surface area contributed by atoms with Gasteiger partial charge < -0.3 is 14.7 Å². The fourth-order valence-electron chi connectivity index (χ4n) is 3.49. The number of benzene rings is 1. The van der Waals surface area contributed by atoms with Crippen LogP contribution in [-0.4, -0.2) is 35.0 Å². The van der Waals surface area contributed by atoms with Crippen LogP contribution in [0.25, 0.3) is 0 Å². The molecule has 0 radical (unpaired) electrons. The molecule has 1 aromatic rings. The van der Waals surface area contributed by atoms with E-state index in [0.717, 1.165) is 16.5 Å². The van der Waals surface area contributed by atoms with Gasteiger partial charge in [-0.15, -0.1) is 0 Å². The summed E-state index contributed by atoms with van der Waals surface area (Å²) in [5, 5.41) is 12.3. The molecule has 0 spiro atoms. The molecular formula is C22H28ClNO3S. The second kappa shape index (κ2) is 8.93. The SMILES string of the molecule is CCC(O)(CC)C1=CN(CC2CCC2)/C(=C\C(=O)c2cc(Cl)ccc2OC)S1. The molecule has 1 aromatic carbocycles. The number of hydrogen-bond donors (Lipinski definition) is 1. The number of thioether (sulfide) groups is 1. The highest BCUT2D eigenvalue weighted by Crippen LogP contribution is 2.46. The highest BCUT2D eigenvalue weighted by molar-refractivity contribution is 8.07. The molecular weight excluding hydrogens is 394 g/mol. The van der Waals surface area contributed by atoms with Gasteiger partial charge in [-0.1, -0.05) is 43.6 Å². The zero-order valence-electron chi connectivity index (χ0n) is 16.7. The van der Waals surface area contributed by atoms with Gasteiger partial charge in [0.1, 0.15) is 5.75 Å². The third-order valence-electron chi connectivity index (χ3n) is 5.76. The van der Waals surface area contributed by atoms with Crippen LogP contribution in [0.15, 0.2) is 40.4 Å². The molecule has 2 aliphatic rings. The number of halogens is 1. The largest absolute Gasteiger partial charge is 0.496 e. The van der Waals surface area contributed by atoms with Crippen molar-refractivity contribution in [3.8, 4) is 5.75 Å². The number of carbonyl (C=O) groups is 1. The van der Waals surface area contributed by atoms with Gasteiger partial charge in [-0.25, -0.2) is 0 Å². The summed E-state index contributed by atoms with van der Waals surface area (Å²) in [4.78, 5) is 16.0. The van der Waals surface area contributed by atoms with Gasteiger partial charge >= 0.3 is 0 Å². The van der Waals surface area contributed by atoms with Crippen LogP contribution in [0.1, 0.15) is 56.3 Å². The maximum absolute atomic E-state index is 13.0. The standard InChI is InChI=1S/C22H28ClNO3S/c1-4-22(26,5-2)20-14-24(13-15-7-6-8-15)21(28-20)12-18(25)17-11-16(23)9-10-19(17)27-3/h9-12,14-15,26H,4-8,13H2,1-3H3/b21-12+. The van der Waals surface area contributed by atoms with Crippen molar-refractivity contribution in [2.45, 2.75) is 51.6 Å². The van der Waals surface area contributed by atoms with Crippen LogP contribution in [0, 0.1) is 5.92 Å². The number of allylic oxidation sites excluding steroid dienone is 1. The van der Waals surface area contributed by atoms with E-state index in [2.05, 4.69) is 4.90 Å². The van der Waals surface area contributed by atoms with E-state index >= 15 is 0 Å². The number of methoxy groups -OCH3 is 1. The first-order valence-corrected chi connectivity index (χ1v) is 11.1. The van der Waals surface area contributed by atoms with Crippen molar-refractivity contribution in [3.05, 3.63) is 51.0 Å². The number of carbonyl (C=O) groups excluding carboxylic acids is 1. The Morgan fingerprint density at radius 1 is 1.39 bits per heavy atom. The van der Waals surface area contributed by atoms with Crippen molar-refractivity contribution < 1.29 is 14.6 Å². The lowest BCUT2D eigenvalue weighted by Gasteiger charge is -2.30. The molecule has 152 valence electrons. The van der Waals surface area contributed by atoms with Gasteiger partial charge in [0, 0.05) is 28.7 Å². The zero-order chi connectivity index (χ0) is 20.3. The topological polar surface area (TPSA) is 49.8 Å². The van der Waals surface area contributed by atoms with E-state index in [1.807, 2.05) is 20.0 Å². The number of ether oxygens (including phenoxy) is 1. The molecule has 0 bridgehead atoms. The first-order chi connectivity index (χ1) is 13.4. The lowest BCUT2D eigenvalue weighted by atomic mass is 9.85. The first-order valence-electron chi connectivity index (χ1n) is 9.89. The minimum Gasteiger partial charge on any atom is -0.496 e. The Kier molecular flexibility index (Phi) is 6.79. The molecule has 1 aliphatic heterocycles. The minimum atomic E-state index is -0.852. The van der Waals surface area contributed by atoms with Crippen LogP contribution in [0.5, 0.6) is 5.75 Å². The molecule has 0 amide bonds. The summed E-state index contributed by atoms with van der Waals surface area (Å²) in [7, 11) is 1.54. The van der Waals surface area contributed by atoms with Crippen molar-refractivity contribution >= 4 is 29.1 Å². The van der Waals surface area contributed by atoms with Crippen molar-refractivity contribution in [2.24, 2.45) is 5.92 Å². The summed E-state index contributed by atoms with van der Waals surface area (Å²) in [5.41, 5.74) is -0.407. The quantitative estimate of drug-likeness (QED) is 0.436. The van der Waals surface area contributed by atoms with Gasteiger partial charge in [0.15, 0.2) is 5.78 Å². The fraction of sp³-hybridized carbons (Fsp3) is 0.500. The van der Waals surface area contributed by atoms with E-state index in [-0.39, 0.29) is 5.78 Å².